The van der Waals surface area contributed by atoms with E-state index in [4.69, 9.17) is 0 Å². The minimum atomic E-state index is 1.02. The third-order valence-electron chi connectivity index (χ3n) is 4.45. The van der Waals surface area contributed by atoms with Gasteiger partial charge in [-0.15, -0.1) is 0 Å². The zero-order chi connectivity index (χ0) is 9.26. The minimum Gasteiger partial charge on any atom is -0.0692 e. The van der Waals surface area contributed by atoms with E-state index >= 15 is 0 Å². The number of hydrogen-bond donors (Lipinski definition) is 0. The summed E-state index contributed by atoms with van der Waals surface area (Å²) in [5.41, 5.74) is 0. The summed E-state index contributed by atoms with van der Waals surface area (Å²) in [5.74, 6) is 4.25. The Morgan fingerprint density at radius 3 is 2.38 bits per heavy atom. The van der Waals surface area contributed by atoms with E-state index in [1.807, 2.05) is 0 Å². The molecule has 0 aliphatic heterocycles. The molecule has 0 amide bonds. The van der Waals surface area contributed by atoms with Crippen LogP contribution < -0.4 is 0 Å². The topological polar surface area (TPSA) is 0 Å². The molecule has 2 aliphatic carbocycles. The molecule has 2 rings (SSSR count). The highest BCUT2D eigenvalue weighted by atomic mass is 14.3. The van der Waals surface area contributed by atoms with Gasteiger partial charge in [-0.25, -0.2) is 0 Å². The van der Waals surface area contributed by atoms with Crippen LogP contribution in [0.5, 0.6) is 0 Å². The lowest BCUT2D eigenvalue weighted by Gasteiger charge is -2.27. The predicted octanol–water partition coefficient (Wildman–Crippen LogP) is 3.03. The lowest BCUT2D eigenvalue weighted by atomic mass is 9.79. The molecule has 0 bridgehead atoms. The van der Waals surface area contributed by atoms with Gasteiger partial charge >= 0.3 is 0 Å². The van der Waals surface area contributed by atoms with Gasteiger partial charge in [-0.2, -0.15) is 0 Å². The van der Waals surface area contributed by atoms with Crippen molar-refractivity contribution < 1.29 is 0 Å². The molecule has 0 aromatic carbocycles. The Morgan fingerprint density at radius 1 is 1.15 bits per heavy atom. The van der Waals surface area contributed by atoms with Gasteiger partial charge < -0.3 is 0 Å². The van der Waals surface area contributed by atoms with Gasteiger partial charge in [0.2, 0.25) is 0 Å². The van der Waals surface area contributed by atoms with E-state index in [2.05, 4.69) is 14.8 Å². The van der Waals surface area contributed by atoms with Crippen LogP contribution in [0.3, 0.4) is 0 Å². The third-order valence-corrected chi connectivity index (χ3v) is 4.45. The van der Waals surface area contributed by atoms with Gasteiger partial charge in [0.1, 0.15) is 7.85 Å². The first-order valence-electron chi connectivity index (χ1n) is 6.25. The minimum absolute atomic E-state index is 1.02. The predicted molar refractivity (Wildman–Crippen MR) is 60.8 cm³/mol. The Kier molecular flexibility index (Phi) is 3.01. The molecule has 0 radical (unpaired) electrons. The van der Waals surface area contributed by atoms with Crippen molar-refractivity contribution in [3.63, 3.8) is 0 Å². The van der Waals surface area contributed by atoms with E-state index in [0.29, 0.717) is 0 Å². The fourth-order valence-electron chi connectivity index (χ4n) is 3.31. The fourth-order valence-corrected chi connectivity index (χ4v) is 3.31. The first kappa shape index (κ1) is 9.61. The van der Waals surface area contributed by atoms with Crippen LogP contribution in [0.25, 0.3) is 0 Å². The zero-order valence-electron chi connectivity index (χ0n) is 9.26. The highest BCUT2D eigenvalue weighted by Gasteiger charge is 2.29. The van der Waals surface area contributed by atoms with E-state index < -0.39 is 0 Å². The van der Waals surface area contributed by atoms with Crippen molar-refractivity contribution in [2.75, 3.05) is 0 Å². The van der Waals surface area contributed by atoms with Crippen LogP contribution in [-0.4, -0.2) is 7.85 Å². The fraction of sp³-hybridized carbons (Fsp3) is 1.00. The van der Waals surface area contributed by atoms with Crippen LogP contribution in [0.15, 0.2) is 0 Å². The van der Waals surface area contributed by atoms with Crippen molar-refractivity contribution in [2.45, 2.75) is 57.7 Å². The van der Waals surface area contributed by atoms with E-state index in [9.17, 15) is 0 Å². The standard InChI is InChI=1S/C12H23B/c1-9-7-12(13)8-11(9)6-5-10-3-2-4-10/h9-12H,2-8,13H2,1H3. The summed E-state index contributed by atoms with van der Waals surface area (Å²) in [6.45, 7) is 2.47. The smallest absolute Gasteiger partial charge is 0.0692 e. The average Bonchev–Trinajstić information content (AvgIpc) is 2.27. The van der Waals surface area contributed by atoms with Crippen molar-refractivity contribution >= 4 is 7.85 Å². The van der Waals surface area contributed by atoms with Crippen LogP contribution in [0, 0.1) is 17.8 Å². The maximum atomic E-state index is 2.47. The molecule has 0 heterocycles. The van der Waals surface area contributed by atoms with Gasteiger partial charge in [-0.1, -0.05) is 51.3 Å². The molecule has 3 unspecified atom stereocenters. The summed E-state index contributed by atoms with van der Waals surface area (Å²) in [5, 5.41) is 0. The summed E-state index contributed by atoms with van der Waals surface area (Å²) in [6, 6.07) is 0. The van der Waals surface area contributed by atoms with Crippen LogP contribution >= 0.6 is 0 Å². The third kappa shape index (κ3) is 2.30. The molecule has 0 aromatic rings. The van der Waals surface area contributed by atoms with E-state index in [1.54, 1.807) is 6.42 Å². The van der Waals surface area contributed by atoms with Crippen LogP contribution in [0.1, 0.15) is 51.9 Å². The van der Waals surface area contributed by atoms with Gasteiger partial charge in [-0.05, 0) is 24.2 Å². The molecule has 0 nitrogen and oxygen atoms in total. The molecule has 13 heavy (non-hydrogen) atoms. The van der Waals surface area contributed by atoms with E-state index in [0.717, 1.165) is 23.6 Å². The van der Waals surface area contributed by atoms with Gasteiger partial charge in [0, 0.05) is 0 Å². The highest BCUT2D eigenvalue weighted by Crippen LogP contribution is 2.42. The quantitative estimate of drug-likeness (QED) is 0.582. The largest absolute Gasteiger partial charge is 0.105 e. The highest BCUT2D eigenvalue weighted by molar-refractivity contribution is 6.11. The second kappa shape index (κ2) is 4.06. The monoisotopic (exact) mass is 178 g/mol. The molecule has 0 saturated heterocycles. The summed E-state index contributed by atoms with van der Waals surface area (Å²) in [4.78, 5) is 0. The Balaban J connectivity index is 1.68. The molecule has 0 N–H and O–H groups in total. The second-order valence-corrected chi connectivity index (χ2v) is 5.69. The summed E-state index contributed by atoms with van der Waals surface area (Å²) in [6.07, 6.45) is 10.7. The van der Waals surface area contributed by atoms with Crippen molar-refractivity contribution in [1.29, 1.82) is 0 Å². The first-order valence-corrected chi connectivity index (χ1v) is 6.25. The molecule has 1 heteroatoms. The normalized spacial score (nSPS) is 40.5. The number of hydrogen-bond acceptors (Lipinski definition) is 0. The molecule has 0 spiro atoms. The maximum absolute atomic E-state index is 2.47. The molecule has 3 atom stereocenters. The zero-order valence-corrected chi connectivity index (χ0v) is 9.26. The van der Waals surface area contributed by atoms with Crippen molar-refractivity contribution in [3.05, 3.63) is 0 Å². The van der Waals surface area contributed by atoms with Crippen molar-refractivity contribution in [3.8, 4) is 0 Å². The van der Waals surface area contributed by atoms with Crippen LogP contribution in [0.4, 0.5) is 0 Å². The number of rotatable bonds is 3. The molecule has 0 aromatic heterocycles. The Bertz CT molecular complexity index is 163. The lowest BCUT2D eigenvalue weighted by Crippen LogP contribution is -2.13. The molecule has 2 fully saturated rings. The van der Waals surface area contributed by atoms with Crippen molar-refractivity contribution in [1.82, 2.24) is 0 Å². The molecule has 2 saturated carbocycles. The summed E-state index contributed by atoms with van der Waals surface area (Å²) in [7, 11) is 2.43. The van der Waals surface area contributed by atoms with Crippen LogP contribution in [-0.2, 0) is 0 Å². The van der Waals surface area contributed by atoms with Crippen molar-refractivity contribution in [2.24, 2.45) is 17.8 Å². The first-order chi connectivity index (χ1) is 6.25. The Morgan fingerprint density at radius 2 is 1.92 bits per heavy atom. The van der Waals surface area contributed by atoms with Gasteiger partial charge in [0.05, 0.1) is 0 Å². The molecular formula is C12H23B. The Hall–Kier alpha value is 0.0649. The SMILES string of the molecule is BC1CC(C)C(CCC2CCC2)C1. The summed E-state index contributed by atoms with van der Waals surface area (Å²) < 4.78 is 0. The lowest BCUT2D eigenvalue weighted by molar-refractivity contribution is 0.255. The summed E-state index contributed by atoms with van der Waals surface area (Å²) >= 11 is 0. The molecule has 74 valence electrons. The van der Waals surface area contributed by atoms with Crippen LogP contribution in [0.2, 0.25) is 5.82 Å². The van der Waals surface area contributed by atoms with Gasteiger partial charge in [0.15, 0.2) is 0 Å². The second-order valence-electron chi connectivity index (χ2n) is 5.69. The Labute approximate surface area is 83.9 Å². The average molecular weight is 178 g/mol. The van der Waals surface area contributed by atoms with Gasteiger partial charge in [-0.3, -0.25) is 0 Å². The van der Waals surface area contributed by atoms with E-state index in [1.165, 1.54) is 38.5 Å². The maximum Gasteiger partial charge on any atom is 0.105 e. The molecule has 2 aliphatic rings. The van der Waals surface area contributed by atoms with Gasteiger partial charge in [0.25, 0.3) is 0 Å². The molecular weight excluding hydrogens is 155 g/mol. The van der Waals surface area contributed by atoms with E-state index in [-0.39, 0.29) is 0 Å².